The number of rotatable bonds is 3. The summed E-state index contributed by atoms with van der Waals surface area (Å²) in [5.41, 5.74) is 6.70. The van der Waals surface area contributed by atoms with Crippen molar-refractivity contribution in [1.82, 2.24) is 19.9 Å². The first kappa shape index (κ1) is 17.1. The van der Waals surface area contributed by atoms with Gasteiger partial charge in [-0.15, -0.1) is 0 Å². The number of aliphatic imine (C=N–C) groups is 1. The molecular weight excluding hydrogens is 353 g/mol. The first-order valence-electron chi connectivity index (χ1n) is 8.51. The summed E-state index contributed by atoms with van der Waals surface area (Å²) in [6.45, 7) is 5.09. The largest absolute Gasteiger partial charge is 0.379 e. The molecule has 136 valence electrons. The van der Waals surface area contributed by atoms with Crippen LogP contribution in [-0.4, -0.2) is 43.9 Å². The van der Waals surface area contributed by atoms with Crippen LogP contribution in [0.4, 0.5) is 10.3 Å². The van der Waals surface area contributed by atoms with Crippen LogP contribution in [0.25, 0.3) is 0 Å². The normalized spacial score (nSPS) is 25.3. The zero-order valence-electron chi connectivity index (χ0n) is 14.6. The predicted molar refractivity (Wildman–Crippen MR) is 99.6 cm³/mol. The maximum Gasteiger partial charge on any atom is 0.225 e. The minimum atomic E-state index is -0.570. The third-order valence-corrected chi connectivity index (χ3v) is 5.84. The summed E-state index contributed by atoms with van der Waals surface area (Å²) < 4.78 is 14.0. The number of aromatic nitrogens is 4. The van der Waals surface area contributed by atoms with Crippen LogP contribution >= 0.6 is 11.8 Å². The van der Waals surface area contributed by atoms with Crippen LogP contribution in [0.5, 0.6) is 0 Å². The second kappa shape index (κ2) is 6.46. The number of nitrogens with two attached hydrogens (primary N) is 1. The smallest absolute Gasteiger partial charge is 0.225 e. The van der Waals surface area contributed by atoms with Crippen molar-refractivity contribution in [2.75, 3.05) is 23.7 Å². The van der Waals surface area contributed by atoms with Crippen LogP contribution in [-0.2, 0) is 5.54 Å². The number of thioether (sulfide) groups is 1. The molecule has 7 nitrogen and oxygen atoms in total. The lowest BCUT2D eigenvalue weighted by Crippen LogP contribution is -2.40. The van der Waals surface area contributed by atoms with Crippen molar-refractivity contribution in [1.29, 1.82) is 0 Å². The molecule has 2 aliphatic rings. The summed E-state index contributed by atoms with van der Waals surface area (Å²) >= 11 is 1.55. The summed E-state index contributed by atoms with van der Waals surface area (Å²) in [7, 11) is 0. The molecule has 1 saturated heterocycles. The Morgan fingerprint density at radius 3 is 2.88 bits per heavy atom. The van der Waals surface area contributed by atoms with Crippen LogP contribution < -0.4 is 10.6 Å². The van der Waals surface area contributed by atoms with Crippen LogP contribution in [0.15, 0.2) is 29.8 Å². The van der Waals surface area contributed by atoms with E-state index in [9.17, 15) is 4.39 Å². The van der Waals surface area contributed by atoms with E-state index in [0.29, 0.717) is 29.9 Å². The maximum atomic E-state index is 14.0. The summed E-state index contributed by atoms with van der Waals surface area (Å²) in [5.74, 6) is 1.17. The molecule has 2 aliphatic heterocycles. The van der Waals surface area contributed by atoms with Crippen molar-refractivity contribution in [3.8, 4) is 0 Å². The zero-order valence-corrected chi connectivity index (χ0v) is 15.4. The highest BCUT2D eigenvalue weighted by Crippen LogP contribution is 2.45. The molecule has 0 saturated carbocycles. The fraction of sp³-hybridized carbons (Fsp3) is 0.471. The summed E-state index contributed by atoms with van der Waals surface area (Å²) in [4.78, 5) is 24.2. The van der Waals surface area contributed by atoms with E-state index in [0.717, 1.165) is 11.4 Å². The number of fused-ring (bicyclic) bond motifs is 1. The van der Waals surface area contributed by atoms with E-state index in [1.807, 2.05) is 18.7 Å². The minimum absolute atomic E-state index is 0.0141. The average molecular weight is 373 g/mol. The van der Waals surface area contributed by atoms with Crippen molar-refractivity contribution in [2.45, 2.75) is 25.3 Å². The van der Waals surface area contributed by atoms with Crippen LogP contribution in [0.3, 0.4) is 0 Å². The second-order valence-corrected chi connectivity index (χ2v) is 7.95. The van der Waals surface area contributed by atoms with Crippen molar-refractivity contribution in [2.24, 2.45) is 16.6 Å². The van der Waals surface area contributed by atoms with Gasteiger partial charge in [-0.25, -0.2) is 19.4 Å². The van der Waals surface area contributed by atoms with Crippen molar-refractivity contribution < 1.29 is 4.39 Å². The molecule has 0 amide bonds. The highest BCUT2D eigenvalue weighted by atomic mass is 32.2. The first-order valence-corrected chi connectivity index (χ1v) is 9.50. The van der Waals surface area contributed by atoms with E-state index in [1.165, 1.54) is 6.20 Å². The second-order valence-electron chi connectivity index (χ2n) is 6.91. The molecule has 0 aliphatic carbocycles. The molecule has 2 atom stereocenters. The van der Waals surface area contributed by atoms with Gasteiger partial charge in [-0.3, -0.25) is 9.97 Å². The lowest BCUT2D eigenvalue weighted by atomic mass is 9.86. The first-order chi connectivity index (χ1) is 12.5. The number of anilines is 1. The van der Waals surface area contributed by atoms with E-state index in [2.05, 4.69) is 19.9 Å². The van der Waals surface area contributed by atoms with Crippen LogP contribution in [0.1, 0.15) is 31.2 Å². The SMILES string of the molecule is CC(C)c1nc(N2CC3CSC(N)=NC3(c3cnccn3)C2)ncc1F. The van der Waals surface area contributed by atoms with Gasteiger partial charge >= 0.3 is 0 Å². The summed E-state index contributed by atoms with van der Waals surface area (Å²) in [5, 5.41) is 0.552. The van der Waals surface area contributed by atoms with Gasteiger partial charge in [0.05, 0.1) is 30.3 Å². The van der Waals surface area contributed by atoms with E-state index < -0.39 is 5.54 Å². The molecule has 2 aromatic rings. The molecule has 0 aromatic carbocycles. The predicted octanol–water partition coefficient (Wildman–Crippen LogP) is 1.92. The Morgan fingerprint density at radius 2 is 2.15 bits per heavy atom. The molecule has 2 N–H and O–H groups in total. The van der Waals surface area contributed by atoms with Gasteiger partial charge in [0.25, 0.3) is 0 Å². The third-order valence-electron chi connectivity index (χ3n) is 4.89. The van der Waals surface area contributed by atoms with E-state index in [-0.39, 0.29) is 17.7 Å². The van der Waals surface area contributed by atoms with Gasteiger partial charge in [0.15, 0.2) is 11.0 Å². The number of hydrogen-bond donors (Lipinski definition) is 1. The molecule has 4 rings (SSSR count). The van der Waals surface area contributed by atoms with E-state index >= 15 is 0 Å². The highest BCUT2D eigenvalue weighted by molar-refractivity contribution is 8.13. The van der Waals surface area contributed by atoms with Gasteiger partial charge in [0.1, 0.15) is 5.54 Å². The van der Waals surface area contributed by atoms with Gasteiger partial charge in [-0.1, -0.05) is 25.6 Å². The molecule has 2 aromatic heterocycles. The standard InChI is InChI=1S/C17H20FN7S/c1-10(2)14-12(18)5-22-16(23-14)25-7-11-8-26-15(19)24-17(11,9-25)13-6-20-3-4-21-13/h3-6,10-11H,7-9H2,1-2H3,(H2,19,24). The van der Waals surface area contributed by atoms with Crippen molar-refractivity contribution in [3.63, 3.8) is 0 Å². The Labute approximate surface area is 155 Å². The number of nitrogens with zero attached hydrogens (tertiary/aromatic N) is 6. The Morgan fingerprint density at radius 1 is 1.31 bits per heavy atom. The average Bonchev–Trinajstić information content (AvgIpc) is 3.02. The minimum Gasteiger partial charge on any atom is -0.379 e. The molecule has 26 heavy (non-hydrogen) atoms. The van der Waals surface area contributed by atoms with Crippen LogP contribution in [0.2, 0.25) is 0 Å². The number of amidine groups is 1. The van der Waals surface area contributed by atoms with E-state index in [4.69, 9.17) is 10.7 Å². The number of halogens is 1. The van der Waals surface area contributed by atoms with Gasteiger partial charge < -0.3 is 10.6 Å². The summed E-state index contributed by atoms with van der Waals surface area (Å²) in [6.07, 6.45) is 6.31. The fourth-order valence-electron chi connectivity index (χ4n) is 3.58. The Bertz CT molecular complexity index is 844. The Kier molecular flexibility index (Phi) is 4.26. The molecule has 0 spiro atoms. The fourth-order valence-corrected chi connectivity index (χ4v) is 4.56. The molecular formula is C17H20FN7S. The monoisotopic (exact) mass is 373 g/mol. The zero-order chi connectivity index (χ0) is 18.3. The molecule has 0 radical (unpaired) electrons. The topological polar surface area (TPSA) is 93.2 Å². The molecule has 4 heterocycles. The quantitative estimate of drug-likeness (QED) is 0.878. The lowest BCUT2D eigenvalue weighted by molar-refractivity contribution is 0.375. The van der Waals surface area contributed by atoms with Crippen LogP contribution in [0, 0.1) is 11.7 Å². The van der Waals surface area contributed by atoms with Gasteiger partial charge in [-0.05, 0) is 5.92 Å². The van der Waals surface area contributed by atoms with Crippen molar-refractivity contribution >= 4 is 22.9 Å². The van der Waals surface area contributed by atoms with Gasteiger partial charge in [0, 0.05) is 30.6 Å². The molecule has 0 bridgehead atoms. The lowest BCUT2D eigenvalue weighted by Gasteiger charge is -2.33. The van der Waals surface area contributed by atoms with E-state index in [1.54, 1.807) is 30.4 Å². The molecule has 1 fully saturated rings. The summed E-state index contributed by atoms with van der Waals surface area (Å²) in [6, 6.07) is 0. The Hall–Kier alpha value is -2.29. The number of hydrogen-bond acceptors (Lipinski definition) is 8. The third kappa shape index (κ3) is 2.80. The van der Waals surface area contributed by atoms with Gasteiger partial charge in [0.2, 0.25) is 5.95 Å². The van der Waals surface area contributed by atoms with Gasteiger partial charge in [-0.2, -0.15) is 0 Å². The maximum absolute atomic E-state index is 14.0. The molecule has 9 heteroatoms. The van der Waals surface area contributed by atoms with Crippen molar-refractivity contribution in [3.05, 3.63) is 42.0 Å². The highest BCUT2D eigenvalue weighted by Gasteiger charge is 2.52. The molecule has 2 unspecified atom stereocenters. The Balaban J connectivity index is 1.74.